The summed E-state index contributed by atoms with van der Waals surface area (Å²) in [5.74, 6) is -0.549. The number of carbonyl (C=O) groups is 1. The smallest absolute Gasteiger partial charge is 0.312 e. The van der Waals surface area contributed by atoms with Crippen LogP contribution in [0.3, 0.4) is 0 Å². The Kier molecular flexibility index (Phi) is 3.14. The van der Waals surface area contributed by atoms with E-state index in [0.29, 0.717) is 18.8 Å². The lowest BCUT2D eigenvalue weighted by Gasteiger charge is -2.50. The van der Waals surface area contributed by atoms with Crippen molar-refractivity contribution in [1.29, 1.82) is 0 Å². The maximum Gasteiger partial charge on any atom is 0.312 e. The van der Waals surface area contributed by atoms with Crippen LogP contribution in [0.15, 0.2) is 0 Å². The van der Waals surface area contributed by atoms with Gasteiger partial charge in [0.25, 0.3) is 0 Å². The van der Waals surface area contributed by atoms with Gasteiger partial charge in [-0.15, -0.1) is 0 Å². The zero-order chi connectivity index (χ0) is 12.8. The highest BCUT2D eigenvalue weighted by molar-refractivity contribution is 5.75. The Morgan fingerprint density at radius 2 is 1.81 bits per heavy atom. The van der Waals surface area contributed by atoms with Crippen molar-refractivity contribution >= 4 is 5.97 Å². The summed E-state index contributed by atoms with van der Waals surface area (Å²) in [7, 11) is 0. The Balaban J connectivity index is 3.05. The van der Waals surface area contributed by atoms with Gasteiger partial charge in [-0.25, -0.2) is 0 Å². The highest BCUT2D eigenvalue weighted by Crippen LogP contribution is 2.51. The van der Waals surface area contributed by atoms with Crippen LogP contribution in [0.25, 0.3) is 0 Å². The van der Waals surface area contributed by atoms with Crippen LogP contribution in [0, 0.1) is 16.7 Å². The standard InChI is InChI=1S/C13H24O3/c1-9-6-11(2,3)8-13(16,7-9)12(4,5)10(14)15/h9,16H,6-8H2,1-5H3,(H,14,15). The summed E-state index contributed by atoms with van der Waals surface area (Å²) >= 11 is 0. The zero-order valence-electron chi connectivity index (χ0n) is 11.0. The van der Waals surface area contributed by atoms with Crippen molar-refractivity contribution in [2.24, 2.45) is 16.7 Å². The van der Waals surface area contributed by atoms with E-state index in [1.807, 2.05) is 0 Å². The Morgan fingerprint density at radius 3 is 2.19 bits per heavy atom. The lowest BCUT2D eigenvalue weighted by Crippen LogP contribution is -2.55. The van der Waals surface area contributed by atoms with Gasteiger partial charge in [0.05, 0.1) is 11.0 Å². The first-order valence-electron chi connectivity index (χ1n) is 5.96. The van der Waals surface area contributed by atoms with Crippen molar-refractivity contribution in [2.75, 3.05) is 0 Å². The molecule has 94 valence electrons. The van der Waals surface area contributed by atoms with Crippen molar-refractivity contribution in [3.63, 3.8) is 0 Å². The van der Waals surface area contributed by atoms with Crippen LogP contribution in [-0.4, -0.2) is 21.8 Å². The summed E-state index contributed by atoms with van der Waals surface area (Å²) < 4.78 is 0. The molecule has 0 aromatic carbocycles. The second-order valence-electron chi connectivity index (χ2n) is 6.82. The molecule has 2 N–H and O–H groups in total. The number of carboxylic acid groups (broad SMARTS) is 1. The van der Waals surface area contributed by atoms with E-state index < -0.39 is 17.0 Å². The van der Waals surface area contributed by atoms with E-state index in [0.717, 1.165) is 6.42 Å². The molecule has 16 heavy (non-hydrogen) atoms. The molecule has 0 aromatic rings. The van der Waals surface area contributed by atoms with Crippen LogP contribution >= 0.6 is 0 Å². The van der Waals surface area contributed by atoms with E-state index in [-0.39, 0.29) is 5.41 Å². The van der Waals surface area contributed by atoms with Crippen LogP contribution < -0.4 is 0 Å². The van der Waals surface area contributed by atoms with Gasteiger partial charge in [-0.05, 0) is 44.4 Å². The first-order chi connectivity index (χ1) is 7.00. The fraction of sp³-hybridized carbons (Fsp3) is 0.923. The third kappa shape index (κ3) is 2.24. The number of hydrogen-bond acceptors (Lipinski definition) is 2. The van der Waals surface area contributed by atoms with Crippen LogP contribution in [0.1, 0.15) is 53.9 Å². The van der Waals surface area contributed by atoms with Crippen LogP contribution in [0.2, 0.25) is 0 Å². The van der Waals surface area contributed by atoms with Crippen molar-refractivity contribution in [3.05, 3.63) is 0 Å². The van der Waals surface area contributed by atoms with E-state index in [4.69, 9.17) is 0 Å². The predicted octanol–water partition coefficient (Wildman–Crippen LogP) is 2.67. The number of carboxylic acids is 1. The van der Waals surface area contributed by atoms with Gasteiger partial charge < -0.3 is 10.2 Å². The molecule has 2 atom stereocenters. The molecule has 0 aromatic heterocycles. The molecule has 1 rings (SSSR count). The maximum absolute atomic E-state index is 11.3. The zero-order valence-corrected chi connectivity index (χ0v) is 11.0. The fourth-order valence-electron chi connectivity index (χ4n) is 3.20. The van der Waals surface area contributed by atoms with E-state index in [1.54, 1.807) is 13.8 Å². The van der Waals surface area contributed by atoms with Crippen molar-refractivity contribution in [1.82, 2.24) is 0 Å². The van der Waals surface area contributed by atoms with Gasteiger partial charge in [-0.3, -0.25) is 4.79 Å². The Hall–Kier alpha value is -0.570. The number of aliphatic carboxylic acids is 1. The van der Waals surface area contributed by atoms with Crippen LogP contribution in [0.5, 0.6) is 0 Å². The summed E-state index contributed by atoms with van der Waals surface area (Å²) in [6, 6.07) is 0. The summed E-state index contributed by atoms with van der Waals surface area (Å²) in [5.41, 5.74) is -2.17. The Morgan fingerprint density at radius 1 is 1.31 bits per heavy atom. The van der Waals surface area contributed by atoms with E-state index >= 15 is 0 Å². The summed E-state index contributed by atoms with van der Waals surface area (Å²) in [6.45, 7) is 9.55. The van der Waals surface area contributed by atoms with Crippen LogP contribution in [-0.2, 0) is 4.79 Å². The van der Waals surface area contributed by atoms with Gasteiger partial charge in [0, 0.05) is 0 Å². The Labute approximate surface area is 97.9 Å². The second-order valence-corrected chi connectivity index (χ2v) is 6.82. The third-order valence-electron chi connectivity index (χ3n) is 4.06. The molecule has 1 aliphatic carbocycles. The van der Waals surface area contributed by atoms with E-state index in [9.17, 15) is 15.0 Å². The van der Waals surface area contributed by atoms with Crippen molar-refractivity contribution < 1.29 is 15.0 Å². The molecule has 3 heteroatoms. The van der Waals surface area contributed by atoms with Crippen molar-refractivity contribution in [2.45, 2.75) is 59.5 Å². The molecule has 0 saturated heterocycles. The molecule has 3 nitrogen and oxygen atoms in total. The van der Waals surface area contributed by atoms with Crippen LogP contribution in [0.4, 0.5) is 0 Å². The first-order valence-corrected chi connectivity index (χ1v) is 5.96. The minimum Gasteiger partial charge on any atom is -0.481 e. The molecule has 0 radical (unpaired) electrons. The van der Waals surface area contributed by atoms with Gasteiger partial charge in [0.15, 0.2) is 0 Å². The average Bonchev–Trinajstić information content (AvgIpc) is 1.97. The molecular weight excluding hydrogens is 204 g/mol. The second kappa shape index (κ2) is 3.73. The average molecular weight is 228 g/mol. The van der Waals surface area contributed by atoms with Gasteiger partial charge in [-0.1, -0.05) is 20.8 Å². The SMILES string of the molecule is CC1CC(C)(C)CC(O)(C(C)(C)C(=O)O)C1. The number of aliphatic hydroxyl groups is 1. The number of hydrogen-bond donors (Lipinski definition) is 2. The number of rotatable bonds is 2. The summed E-state index contributed by atoms with van der Waals surface area (Å²) in [4.78, 5) is 11.3. The summed E-state index contributed by atoms with van der Waals surface area (Å²) in [5, 5.41) is 19.9. The van der Waals surface area contributed by atoms with Gasteiger partial charge in [0.1, 0.15) is 0 Å². The van der Waals surface area contributed by atoms with Gasteiger partial charge in [-0.2, -0.15) is 0 Å². The van der Waals surface area contributed by atoms with E-state index in [1.165, 1.54) is 0 Å². The highest BCUT2D eigenvalue weighted by atomic mass is 16.4. The van der Waals surface area contributed by atoms with E-state index in [2.05, 4.69) is 20.8 Å². The van der Waals surface area contributed by atoms with Crippen molar-refractivity contribution in [3.8, 4) is 0 Å². The topological polar surface area (TPSA) is 57.5 Å². The molecule has 1 saturated carbocycles. The Bertz CT molecular complexity index is 294. The molecule has 0 bridgehead atoms. The molecule has 1 fully saturated rings. The normalized spacial score (nSPS) is 34.8. The molecular formula is C13H24O3. The predicted molar refractivity (Wildman–Crippen MR) is 63.2 cm³/mol. The largest absolute Gasteiger partial charge is 0.481 e. The molecule has 0 heterocycles. The molecule has 0 spiro atoms. The summed E-state index contributed by atoms with van der Waals surface area (Å²) in [6.07, 6.45) is 2.18. The monoisotopic (exact) mass is 228 g/mol. The lowest BCUT2D eigenvalue weighted by molar-refractivity contribution is -0.178. The highest BCUT2D eigenvalue weighted by Gasteiger charge is 2.54. The maximum atomic E-state index is 11.3. The van der Waals surface area contributed by atoms with Gasteiger partial charge in [0.2, 0.25) is 0 Å². The quantitative estimate of drug-likeness (QED) is 0.764. The molecule has 0 aliphatic heterocycles. The molecule has 1 aliphatic rings. The molecule has 0 amide bonds. The fourth-order valence-corrected chi connectivity index (χ4v) is 3.20. The minimum atomic E-state index is -1.10. The molecule has 2 unspecified atom stereocenters. The first kappa shape index (κ1) is 13.5. The van der Waals surface area contributed by atoms with Gasteiger partial charge >= 0.3 is 5.97 Å². The third-order valence-corrected chi connectivity index (χ3v) is 4.06. The lowest BCUT2D eigenvalue weighted by atomic mass is 9.58. The minimum absolute atomic E-state index is 0.0130.